The van der Waals surface area contributed by atoms with E-state index in [1.54, 1.807) is 13.0 Å². The molecular weight excluding hydrogens is 242 g/mol. The fourth-order valence-electron chi connectivity index (χ4n) is 2.07. The largest absolute Gasteiger partial charge is 0.480 e. The number of nitrogens with zero attached hydrogens (tertiary/aromatic N) is 1. The molecule has 0 radical (unpaired) electrons. The van der Waals surface area contributed by atoms with Crippen molar-refractivity contribution in [2.45, 2.75) is 6.92 Å². The minimum atomic E-state index is -1.00. The zero-order chi connectivity index (χ0) is 13.8. The second kappa shape index (κ2) is 5.52. The van der Waals surface area contributed by atoms with Crippen LogP contribution in [-0.2, 0) is 4.79 Å². The Hall–Kier alpha value is -2.36. The molecule has 2 aromatic carbocycles. The molecule has 0 aliphatic carbocycles. The van der Waals surface area contributed by atoms with Crippen molar-refractivity contribution >= 4 is 22.6 Å². The van der Waals surface area contributed by atoms with Crippen LogP contribution in [0.5, 0.6) is 0 Å². The standard InChI is InChI=1S/C15H15NO3/c1-2-16(10-14(17)18)15(19)13-9-5-7-11-6-3-4-8-12(11)13/h3-9H,2,10H2,1H3,(H,17,18). The lowest BCUT2D eigenvalue weighted by molar-refractivity contribution is -0.137. The fourth-order valence-corrected chi connectivity index (χ4v) is 2.07. The summed E-state index contributed by atoms with van der Waals surface area (Å²) in [5.74, 6) is -1.25. The summed E-state index contributed by atoms with van der Waals surface area (Å²) in [6.07, 6.45) is 0. The number of likely N-dealkylation sites (N-methyl/N-ethyl adjacent to an activating group) is 1. The van der Waals surface area contributed by atoms with E-state index >= 15 is 0 Å². The molecule has 0 unspecified atom stereocenters. The van der Waals surface area contributed by atoms with Crippen molar-refractivity contribution in [1.29, 1.82) is 0 Å². The minimum Gasteiger partial charge on any atom is -0.480 e. The Labute approximate surface area is 111 Å². The summed E-state index contributed by atoms with van der Waals surface area (Å²) in [5.41, 5.74) is 0.543. The number of hydrogen-bond acceptors (Lipinski definition) is 2. The SMILES string of the molecule is CCN(CC(=O)O)C(=O)c1cccc2ccccc12. The van der Waals surface area contributed by atoms with Crippen LogP contribution in [0, 0.1) is 0 Å². The third-order valence-corrected chi connectivity index (χ3v) is 3.02. The lowest BCUT2D eigenvalue weighted by atomic mass is 10.0. The van der Waals surface area contributed by atoms with E-state index in [2.05, 4.69) is 0 Å². The van der Waals surface area contributed by atoms with Crippen LogP contribution in [0.15, 0.2) is 42.5 Å². The molecule has 0 atom stereocenters. The first-order chi connectivity index (χ1) is 9.13. The number of aliphatic carboxylic acids is 1. The highest BCUT2D eigenvalue weighted by molar-refractivity contribution is 6.07. The number of hydrogen-bond donors (Lipinski definition) is 1. The molecule has 0 aliphatic rings. The normalized spacial score (nSPS) is 10.4. The Balaban J connectivity index is 2.43. The number of carbonyl (C=O) groups excluding carboxylic acids is 1. The molecule has 4 heteroatoms. The highest BCUT2D eigenvalue weighted by atomic mass is 16.4. The van der Waals surface area contributed by atoms with Gasteiger partial charge in [-0.3, -0.25) is 9.59 Å². The van der Waals surface area contributed by atoms with Crippen LogP contribution >= 0.6 is 0 Å². The van der Waals surface area contributed by atoms with Gasteiger partial charge >= 0.3 is 5.97 Å². The third kappa shape index (κ3) is 2.73. The van der Waals surface area contributed by atoms with Gasteiger partial charge in [-0.05, 0) is 23.8 Å². The van der Waals surface area contributed by atoms with E-state index in [-0.39, 0.29) is 12.5 Å². The number of fused-ring (bicyclic) bond motifs is 1. The van der Waals surface area contributed by atoms with Crippen LogP contribution < -0.4 is 0 Å². The summed E-state index contributed by atoms with van der Waals surface area (Å²) >= 11 is 0. The van der Waals surface area contributed by atoms with Gasteiger partial charge in [-0.15, -0.1) is 0 Å². The smallest absolute Gasteiger partial charge is 0.323 e. The quantitative estimate of drug-likeness (QED) is 0.914. The number of rotatable bonds is 4. The molecule has 19 heavy (non-hydrogen) atoms. The minimum absolute atomic E-state index is 0.248. The lowest BCUT2D eigenvalue weighted by Crippen LogP contribution is -2.35. The van der Waals surface area contributed by atoms with Crippen molar-refractivity contribution in [2.75, 3.05) is 13.1 Å². The van der Waals surface area contributed by atoms with Gasteiger partial charge in [0, 0.05) is 12.1 Å². The summed E-state index contributed by atoms with van der Waals surface area (Å²) in [7, 11) is 0. The molecule has 0 spiro atoms. The van der Waals surface area contributed by atoms with Gasteiger partial charge in [0.25, 0.3) is 5.91 Å². The van der Waals surface area contributed by atoms with Crippen LogP contribution in [0.4, 0.5) is 0 Å². The number of carboxylic acids is 1. The Morgan fingerprint density at radius 2 is 1.79 bits per heavy atom. The predicted octanol–water partition coefficient (Wildman–Crippen LogP) is 2.39. The summed E-state index contributed by atoms with van der Waals surface area (Å²) in [5, 5.41) is 10.6. The van der Waals surface area contributed by atoms with E-state index in [9.17, 15) is 9.59 Å². The maximum Gasteiger partial charge on any atom is 0.323 e. The Morgan fingerprint density at radius 1 is 1.11 bits per heavy atom. The molecule has 0 bridgehead atoms. The monoisotopic (exact) mass is 257 g/mol. The Kier molecular flexibility index (Phi) is 3.80. The number of benzene rings is 2. The van der Waals surface area contributed by atoms with Crippen molar-refractivity contribution in [2.24, 2.45) is 0 Å². The zero-order valence-corrected chi connectivity index (χ0v) is 10.7. The van der Waals surface area contributed by atoms with Crippen LogP contribution in [0.3, 0.4) is 0 Å². The molecule has 4 nitrogen and oxygen atoms in total. The fraction of sp³-hybridized carbons (Fsp3) is 0.200. The van der Waals surface area contributed by atoms with Crippen LogP contribution in [0.1, 0.15) is 17.3 Å². The van der Waals surface area contributed by atoms with E-state index in [1.807, 2.05) is 36.4 Å². The predicted molar refractivity (Wildman–Crippen MR) is 73.2 cm³/mol. The molecular formula is C15H15NO3. The first-order valence-corrected chi connectivity index (χ1v) is 6.12. The van der Waals surface area contributed by atoms with E-state index in [0.29, 0.717) is 12.1 Å². The molecule has 0 fully saturated rings. The van der Waals surface area contributed by atoms with E-state index in [1.165, 1.54) is 4.90 Å². The summed E-state index contributed by atoms with van der Waals surface area (Å²) in [6.45, 7) is 1.86. The van der Waals surface area contributed by atoms with Crippen LogP contribution in [-0.4, -0.2) is 35.0 Å². The van der Waals surface area contributed by atoms with Gasteiger partial charge in [-0.1, -0.05) is 36.4 Å². The molecule has 0 aromatic heterocycles. The zero-order valence-electron chi connectivity index (χ0n) is 10.7. The van der Waals surface area contributed by atoms with Crippen molar-refractivity contribution in [3.63, 3.8) is 0 Å². The molecule has 98 valence electrons. The third-order valence-electron chi connectivity index (χ3n) is 3.02. The maximum absolute atomic E-state index is 12.4. The van der Waals surface area contributed by atoms with Crippen molar-refractivity contribution < 1.29 is 14.7 Å². The van der Waals surface area contributed by atoms with E-state index in [0.717, 1.165) is 10.8 Å². The summed E-state index contributed by atoms with van der Waals surface area (Å²) < 4.78 is 0. The average molecular weight is 257 g/mol. The molecule has 2 aromatic rings. The average Bonchev–Trinajstić information content (AvgIpc) is 2.43. The number of carboxylic acid groups (broad SMARTS) is 1. The highest BCUT2D eigenvalue weighted by Gasteiger charge is 2.18. The number of amides is 1. The van der Waals surface area contributed by atoms with Gasteiger partial charge in [0.2, 0.25) is 0 Å². The second-order valence-corrected chi connectivity index (χ2v) is 4.24. The number of carbonyl (C=O) groups is 2. The van der Waals surface area contributed by atoms with Gasteiger partial charge < -0.3 is 10.0 Å². The maximum atomic E-state index is 12.4. The molecule has 0 heterocycles. The highest BCUT2D eigenvalue weighted by Crippen LogP contribution is 2.19. The topological polar surface area (TPSA) is 57.6 Å². The van der Waals surface area contributed by atoms with Gasteiger partial charge in [0.15, 0.2) is 0 Å². The Bertz CT molecular complexity index is 616. The molecule has 0 aliphatic heterocycles. The van der Waals surface area contributed by atoms with Crippen LogP contribution in [0.25, 0.3) is 10.8 Å². The van der Waals surface area contributed by atoms with E-state index < -0.39 is 5.97 Å². The summed E-state index contributed by atoms with van der Waals surface area (Å²) in [6, 6.07) is 13.0. The molecule has 0 saturated heterocycles. The van der Waals surface area contributed by atoms with Gasteiger partial charge in [-0.25, -0.2) is 0 Å². The van der Waals surface area contributed by atoms with Crippen molar-refractivity contribution in [1.82, 2.24) is 4.90 Å². The van der Waals surface area contributed by atoms with Gasteiger partial charge in [0.05, 0.1) is 0 Å². The first kappa shape index (κ1) is 13.1. The van der Waals surface area contributed by atoms with Gasteiger partial charge in [0.1, 0.15) is 6.54 Å². The second-order valence-electron chi connectivity index (χ2n) is 4.24. The van der Waals surface area contributed by atoms with Crippen molar-refractivity contribution in [3.05, 3.63) is 48.0 Å². The first-order valence-electron chi connectivity index (χ1n) is 6.12. The summed E-state index contributed by atoms with van der Waals surface area (Å²) in [4.78, 5) is 24.5. The van der Waals surface area contributed by atoms with E-state index in [4.69, 9.17) is 5.11 Å². The molecule has 1 amide bonds. The van der Waals surface area contributed by atoms with Crippen LogP contribution in [0.2, 0.25) is 0 Å². The Morgan fingerprint density at radius 3 is 2.47 bits per heavy atom. The molecule has 0 saturated carbocycles. The lowest BCUT2D eigenvalue weighted by Gasteiger charge is -2.19. The van der Waals surface area contributed by atoms with Crippen molar-refractivity contribution in [3.8, 4) is 0 Å². The molecule has 1 N–H and O–H groups in total. The van der Waals surface area contributed by atoms with Gasteiger partial charge in [-0.2, -0.15) is 0 Å². The molecule has 2 rings (SSSR count).